The van der Waals surface area contributed by atoms with Crippen LogP contribution in [0, 0.1) is 6.92 Å². The van der Waals surface area contributed by atoms with Gasteiger partial charge < -0.3 is 20.5 Å². The average molecular weight is 427 g/mol. The number of rotatable bonds is 4. The minimum atomic E-state index is -0.998. The van der Waals surface area contributed by atoms with Crippen molar-refractivity contribution in [2.45, 2.75) is 6.92 Å². The van der Waals surface area contributed by atoms with Crippen LogP contribution >= 0.6 is 22.9 Å². The number of hydrogen-bond acceptors (Lipinski definition) is 4. The number of thiophene rings is 1. The Morgan fingerprint density at radius 1 is 1.10 bits per heavy atom. The first-order chi connectivity index (χ1) is 13.8. The molecule has 4 N–H and O–H groups in total. The zero-order valence-electron chi connectivity index (χ0n) is 15.1. The van der Waals surface area contributed by atoms with Crippen LogP contribution < -0.4 is 5.73 Å². The molecule has 4 aromatic rings. The third-order valence-electron chi connectivity index (χ3n) is 4.66. The number of hydrogen-bond donors (Lipinski definition) is 3. The largest absolute Gasteiger partial charge is 0.508 e. The summed E-state index contributed by atoms with van der Waals surface area (Å²) >= 11 is 7.54. The number of fused-ring (bicyclic) bond motifs is 1. The highest BCUT2D eigenvalue weighted by Crippen LogP contribution is 2.39. The van der Waals surface area contributed by atoms with Gasteiger partial charge in [0.05, 0.1) is 20.9 Å². The summed E-state index contributed by atoms with van der Waals surface area (Å²) < 4.78 is 2.66. The number of halogens is 1. The monoisotopic (exact) mass is 426 g/mol. The number of amides is 1. The van der Waals surface area contributed by atoms with Gasteiger partial charge in [-0.3, -0.25) is 4.79 Å². The van der Waals surface area contributed by atoms with Crippen LogP contribution in [0.5, 0.6) is 5.75 Å². The molecule has 8 heteroatoms. The van der Waals surface area contributed by atoms with Crippen LogP contribution in [0.2, 0.25) is 5.02 Å². The van der Waals surface area contributed by atoms with Crippen molar-refractivity contribution in [3.8, 4) is 22.7 Å². The van der Waals surface area contributed by atoms with E-state index in [1.165, 1.54) is 12.1 Å². The van der Waals surface area contributed by atoms with Crippen LogP contribution in [0.3, 0.4) is 0 Å². The molecule has 146 valence electrons. The number of primary amides is 1. The van der Waals surface area contributed by atoms with Crippen LogP contribution in [-0.4, -0.2) is 26.7 Å². The maximum absolute atomic E-state index is 11.6. The van der Waals surface area contributed by atoms with E-state index in [4.69, 9.17) is 17.3 Å². The molecule has 0 fully saturated rings. The van der Waals surface area contributed by atoms with Gasteiger partial charge in [0, 0.05) is 16.8 Å². The van der Waals surface area contributed by atoms with E-state index in [-0.39, 0.29) is 10.6 Å². The van der Waals surface area contributed by atoms with Gasteiger partial charge in [-0.05, 0) is 61.0 Å². The van der Waals surface area contributed by atoms with Gasteiger partial charge in [0.15, 0.2) is 0 Å². The van der Waals surface area contributed by atoms with Crippen molar-refractivity contribution < 1.29 is 19.8 Å². The molecule has 0 atom stereocenters. The molecule has 6 nitrogen and oxygen atoms in total. The van der Waals surface area contributed by atoms with E-state index in [1.807, 2.05) is 16.7 Å². The van der Waals surface area contributed by atoms with Crippen molar-refractivity contribution in [2.75, 3.05) is 0 Å². The average Bonchev–Trinajstić information content (AvgIpc) is 3.19. The molecule has 0 saturated carbocycles. The minimum absolute atomic E-state index is 0.0495. The predicted octanol–water partition coefficient (Wildman–Crippen LogP) is 4.82. The fourth-order valence-corrected chi connectivity index (χ4v) is 4.54. The van der Waals surface area contributed by atoms with Crippen LogP contribution in [0.1, 0.15) is 25.6 Å². The molecule has 0 aliphatic rings. The highest BCUT2D eigenvalue weighted by atomic mass is 35.5. The summed E-state index contributed by atoms with van der Waals surface area (Å²) in [4.78, 5) is 23.2. The van der Waals surface area contributed by atoms with E-state index in [9.17, 15) is 19.8 Å². The van der Waals surface area contributed by atoms with Gasteiger partial charge in [-0.15, -0.1) is 11.3 Å². The molecule has 29 heavy (non-hydrogen) atoms. The molecule has 0 unspecified atom stereocenters. The van der Waals surface area contributed by atoms with Crippen LogP contribution in [0.25, 0.3) is 27.2 Å². The number of aromatic carboxylic acids is 1. The van der Waals surface area contributed by atoms with Gasteiger partial charge >= 0.3 is 5.97 Å². The number of carboxylic acids is 1. The number of carboxylic acid groups (broad SMARTS) is 1. The Bertz CT molecular complexity index is 1310. The minimum Gasteiger partial charge on any atom is -0.508 e. The highest BCUT2D eigenvalue weighted by molar-refractivity contribution is 7.20. The molecule has 0 spiro atoms. The first-order valence-electron chi connectivity index (χ1n) is 8.54. The van der Waals surface area contributed by atoms with Crippen LogP contribution in [0.15, 0.2) is 48.5 Å². The Morgan fingerprint density at radius 2 is 1.86 bits per heavy atom. The van der Waals surface area contributed by atoms with Crippen molar-refractivity contribution in [3.63, 3.8) is 0 Å². The molecule has 2 aromatic carbocycles. The summed E-state index contributed by atoms with van der Waals surface area (Å²) in [5, 5.41) is 19.4. The Morgan fingerprint density at radius 3 is 2.48 bits per heavy atom. The molecular formula is C21H15ClN2O4S. The number of benzene rings is 2. The normalized spacial score (nSPS) is 11.1. The number of carbonyl (C=O) groups excluding carboxylic acids is 1. The number of aromatic nitrogens is 1. The van der Waals surface area contributed by atoms with Crippen molar-refractivity contribution in [1.29, 1.82) is 0 Å². The second-order valence-electron chi connectivity index (χ2n) is 6.56. The Kier molecular flexibility index (Phi) is 4.56. The lowest BCUT2D eigenvalue weighted by Gasteiger charge is -2.14. The molecule has 0 radical (unpaired) electrons. The number of aromatic hydroxyl groups is 1. The Hall–Kier alpha value is -3.29. The van der Waals surface area contributed by atoms with Crippen LogP contribution in [0.4, 0.5) is 0 Å². The molecule has 1 amide bonds. The number of nitrogens with zero attached hydrogens (tertiary/aromatic N) is 1. The second-order valence-corrected chi connectivity index (χ2v) is 8.05. The van der Waals surface area contributed by atoms with Gasteiger partial charge in [0.1, 0.15) is 10.6 Å². The third kappa shape index (κ3) is 3.24. The van der Waals surface area contributed by atoms with E-state index in [0.717, 1.165) is 27.4 Å². The SMILES string of the molecule is Cc1cc(-n2c(-c3ccc(O)cc3Cl)cc3sc(C(=O)O)cc32)ccc1C(N)=O. The lowest BCUT2D eigenvalue weighted by atomic mass is 10.1. The molecule has 0 saturated heterocycles. The van der Waals surface area contributed by atoms with Gasteiger partial charge in [0.25, 0.3) is 0 Å². The molecule has 0 aliphatic carbocycles. The first kappa shape index (κ1) is 19.0. The number of phenols is 1. The maximum atomic E-state index is 11.6. The molecule has 2 heterocycles. The molecular weight excluding hydrogens is 412 g/mol. The summed E-state index contributed by atoms with van der Waals surface area (Å²) in [6.07, 6.45) is 0. The number of nitrogens with two attached hydrogens (primary N) is 1. The standard InChI is InChI=1S/C21H15ClN2O4S/c1-10-6-11(2-4-13(10)20(23)26)24-16(14-5-3-12(25)7-15(14)22)8-18-17(24)9-19(29-18)21(27)28/h2-9,25H,1H3,(H2,23,26)(H,27,28). The Balaban J connectivity index is 2.02. The van der Waals surface area contributed by atoms with Crippen molar-refractivity contribution in [2.24, 2.45) is 5.73 Å². The van der Waals surface area contributed by atoms with Crippen molar-refractivity contribution in [1.82, 2.24) is 4.57 Å². The summed E-state index contributed by atoms with van der Waals surface area (Å²) in [5.74, 6) is -1.46. The molecule has 0 aliphatic heterocycles. The van der Waals surface area contributed by atoms with Gasteiger partial charge in [-0.2, -0.15) is 0 Å². The molecule has 0 bridgehead atoms. The maximum Gasteiger partial charge on any atom is 0.345 e. The zero-order valence-corrected chi connectivity index (χ0v) is 16.7. The van der Waals surface area contributed by atoms with Crippen LogP contribution in [-0.2, 0) is 0 Å². The summed E-state index contributed by atoms with van der Waals surface area (Å²) in [6, 6.07) is 13.4. The van der Waals surface area contributed by atoms with E-state index >= 15 is 0 Å². The topological polar surface area (TPSA) is 106 Å². The first-order valence-corrected chi connectivity index (χ1v) is 9.74. The number of aryl methyl sites for hydroxylation is 1. The van der Waals surface area contributed by atoms with Crippen molar-refractivity contribution >= 4 is 45.0 Å². The quantitative estimate of drug-likeness (QED) is 0.434. The molecule has 2 aromatic heterocycles. The smallest absolute Gasteiger partial charge is 0.345 e. The number of phenolic OH excluding ortho intramolecular Hbond substituents is 1. The summed E-state index contributed by atoms with van der Waals surface area (Å²) in [6.45, 7) is 1.79. The van der Waals surface area contributed by atoms with E-state index < -0.39 is 11.9 Å². The summed E-state index contributed by atoms with van der Waals surface area (Å²) in [5.41, 5.74) is 9.39. The lowest BCUT2D eigenvalue weighted by molar-refractivity contribution is 0.0702. The predicted molar refractivity (Wildman–Crippen MR) is 113 cm³/mol. The summed E-state index contributed by atoms with van der Waals surface area (Å²) in [7, 11) is 0. The highest BCUT2D eigenvalue weighted by Gasteiger charge is 2.20. The van der Waals surface area contributed by atoms with Crippen molar-refractivity contribution in [3.05, 3.63) is 69.6 Å². The number of carbonyl (C=O) groups is 2. The zero-order chi connectivity index (χ0) is 20.9. The van der Waals surface area contributed by atoms with E-state index in [2.05, 4.69) is 0 Å². The second kappa shape index (κ2) is 6.95. The van der Waals surface area contributed by atoms with Gasteiger partial charge in [-0.25, -0.2) is 4.79 Å². The van der Waals surface area contributed by atoms with Gasteiger partial charge in [0.2, 0.25) is 5.91 Å². The van der Waals surface area contributed by atoms with E-state index in [1.54, 1.807) is 31.2 Å². The van der Waals surface area contributed by atoms with Gasteiger partial charge in [-0.1, -0.05) is 11.6 Å². The third-order valence-corrected chi connectivity index (χ3v) is 6.03. The van der Waals surface area contributed by atoms with E-state index in [0.29, 0.717) is 27.2 Å². The molecule has 4 rings (SSSR count). The Labute approximate surface area is 174 Å². The lowest BCUT2D eigenvalue weighted by Crippen LogP contribution is -2.13. The fourth-order valence-electron chi connectivity index (χ4n) is 3.35. The fraction of sp³-hybridized carbons (Fsp3) is 0.0476.